The summed E-state index contributed by atoms with van der Waals surface area (Å²) >= 11 is 0. The predicted octanol–water partition coefficient (Wildman–Crippen LogP) is 8.39. The zero-order valence-electron chi connectivity index (χ0n) is 19.8. The second-order valence-corrected chi connectivity index (χ2v) is 9.76. The summed E-state index contributed by atoms with van der Waals surface area (Å²) in [6.07, 6.45) is 0. The summed E-state index contributed by atoms with van der Waals surface area (Å²) in [5, 5.41) is 3.55. The van der Waals surface area contributed by atoms with Crippen LogP contribution >= 0.6 is 0 Å². The molecule has 4 rings (SSSR count). The van der Waals surface area contributed by atoms with Crippen molar-refractivity contribution in [3.63, 3.8) is 0 Å². The van der Waals surface area contributed by atoms with Gasteiger partial charge in [-0.25, -0.2) is 0 Å². The van der Waals surface area contributed by atoms with Crippen molar-refractivity contribution in [2.24, 2.45) is 0 Å². The Bertz CT molecular complexity index is 1150. The smallest absolute Gasteiger partial charge is 0.0384 e. The molecule has 0 unspecified atom stereocenters. The van der Waals surface area contributed by atoms with Crippen LogP contribution in [0.15, 0.2) is 103 Å². The first-order valence-electron chi connectivity index (χ1n) is 11.4. The number of aryl methyl sites for hydroxylation is 1. The lowest BCUT2D eigenvalue weighted by Crippen LogP contribution is -2.18. The second-order valence-electron chi connectivity index (χ2n) is 9.76. The average Bonchev–Trinajstić information content (AvgIpc) is 2.81. The van der Waals surface area contributed by atoms with Gasteiger partial charge in [-0.15, -0.1) is 0 Å². The molecule has 0 heterocycles. The zero-order valence-corrected chi connectivity index (χ0v) is 19.8. The Kier molecular flexibility index (Phi) is 5.93. The Morgan fingerprint density at radius 2 is 0.781 bits per heavy atom. The molecular formula is C31H33N. The molecule has 32 heavy (non-hydrogen) atoms. The molecule has 0 bridgehead atoms. The van der Waals surface area contributed by atoms with Gasteiger partial charge in [-0.1, -0.05) is 112 Å². The maximum absolute atomic E-state index is 3.55. The zero-order chi connectivity index (χ0) is 22.8. The van der Waals surface area contributed by atoms with E-state index in [1.54, 1.807) is 0 Å². The van der Waals surface area contributed by atoms with E-state index in [2.05, 4.69) is 143 Å². The summed E-state index contributed by atoms with van der Waals surface area (Å²) in [4.78, 5) is 0. The first-order chi connectivity index (χ1) is 15.3. The highest BCUT2D eigenvalue weighted by Crippen LogP contribution is 2.34. The van der Waals surface area contributed by atoms with Crippen molar-refractivity contribution >= 4 is 11.4 Å². The Labute approximate surface area is 193 Å². The van der Waals surface area contributed by atoms with E-state index in [9.17, 15) is 0 Å². The van der Waals surface area contributed by atoms with Gasteiger partial charge in [0, 0.05) is 22.2 Å². The number of hydrogen-bond acceptors (Lipinski definition) is 1. The first-order valence-corrected chi connectivity index (χ1v) is 11.4. The molecule has 4 aromatic rings. The molecule has 1 nitrogen and oxygen atoms in total. The maximum Gasteiger partial charge on any atom is 0.0384 e. The number of nitrogens with one attached hydrogen (secondary N) is 1. The number of rotatable bonds is 6. The van der Waals surface area contributed by atoms with Crippen LogP contribution in [0.5, 0.6) is 0 Å². The van der Waals surface area contributed by atoms with Crippen LogP contribution in [0.3, 0.4) is 0 Å². The fraction of sp³-hybridized carbons (Fsp3) is 0.226. The van der Waals surface area contributed by atoms with Crippen molar-refractivity contribution in [3.05, 3.63) is 131 Å². The van der Waals surface area contributed by atoms with E-state index in [4.69, 9.17) is 0 Å². The summed E-state index contributed by atoms with van der Waals surface area (Å²) in [6.45, 7) is 11.3. The molecule has 0 saturated carbocycles. The van der Waals surface area contributed by atoms with Crippen LogP contribution in [-0.2, 0) is 10.8 Å². The van der Waals surface area contributed by atoms with E-state index in [1.165, 1.54) is 27.8 Å². The molecule has 0 aliphatic heterocycles. The molecule has 4 aromatic carbocycles. The largest absolute Gasteiger partial charge is 0.356 e. The van der Waals surface area contributed by atoms with Gasteiger partial charge >= 0.3 is 0 Å². The van der Waals surface area contributed by atoms with Gasteiger partial charge in [-0.3, -0.25) is 0 Å². The van der Waals surface area contributed by atoms with Crippen molar-refractivity contribution in [2.75, 3.05) is 5.32 Å². The number of anilines is 2. The van der Waals surface area contributed by atoms with Gasteiger partial charge in [0.1, 0.15) is 0 Å². The van der Waals surface area contributed by atoms with Crippen molar-refractivity contribution in [3.8, 4) is 0 Å². The predicted molar refractivity (Wildman–Crippen MR) is 138 cm³/mol. The Balaban J connectivity index is 1.49. The van der Waals surface area contributed by atoms with Gasteiger partial charge in [0.2, 0.25) is 0 Å². The van der Waals surface area contributed by atoms with Crippen molar-refractivity contribution < 1.29 is 0 Å². The number of benzene rings is 4. The third-order valence-corrected chi connectivity index (χ3v) is 6.77. The monoisotopic (exact) mass is 419 g/mol. The van der Waals surface area contributed by atoms with Crippen molar-refractivity contribution in [2.45, 2.75) is 45.4 Å². The van der Waals surface area contributed by atoms with Crippen LogP contribution in [0.4, 0.5) is 11.4 Å². The molecule has 1 N–H and O–H groups in total. The summed E-state index contributed by atoms with van der Waals surface area (Å²) in [7, 11) is 0. The van der Waals surface area contributed by atoms with Crippen LogP contribution in [0, 0.1) is 6.92 Å². The third kappa shape index (κ3) is 4.48. The Morgan fingerprint density at radius 1 is 0.438 bits per heavy atom. The van der Waals surface area contributed by atoms with Crippen LogP contribution < -0.4 is 5.32 Å². The van der Waals surface area contributed by atoms with Crippen LogP contribution in [0.1, 0.15) is 55.5 Å². The third-order valence-electron chi connectivity index (χ3n) is 6.77. The molecule has 0 fully saturated rings. The van der Waals surface area contributed by atoms with E-state index in [-0.39, 0.29) is 10.8 Å². The fourth-order valence-corrected chi connectivity index (χ4v) is 4.27. The lowest BCUT2D eigenvalue weighted by atomic mass is 9.78. The van der Waals surface area contributed by atoms with Gasteiger partial charge in [-0.05, 0) is 53.4 Å². The highest BCUT2D eigenvalue weighted by Gasteiger charge is 2.23. The lowest BCUT2D eigenvalue weighted by molar-refractivity contribution is 0.641. The first kappa shape index (κ1) is 21.9. The normalized spacial score (nSPS) is 11.9. The molecule has 0 aliphatic carbocycles. The maximum atomic E-state index is 3.55. The standard InChI is InChI=1S/C31H33N/c1-23-11-13-25(14-12-23)31(4,5)27-17-21-29(22-18-27)32-28-19-15-26(16-20-28)30(2,3)24-9-7-6-8-10-24/h6-22,32H,1-5H3. The molecule has 1 heteroatoms. The molecule has 0 saturated heterocycles. The Morgan fingerprint density at radius 3 is 1.19 bits per heavy atom. The van der Waals surface area contributed by atoms with E-state index in [0.717, 1.165) is 11.4 Å². The van der Waals surface area contributed by atoms with Crippen molar-refractivity contribution in [1.29, 1.82) is 0 Å². The van der Waals surface area contributed by atoms with E-state index < -0.39 is 0 Å². The lowest BCUT2D eigenvalue weighted by Gasteiger charge is -2.27. The average molecular weight is 420 g/mol. The fourth-order valence-electron chi connectivity index (χ4n) is 4.27. The molecular weight excluding hydrogens is 386 g/mol. The minimum absolute atomic E-state index is 0.0248. The summed E-state index contributed by atoms with van der Waals surface area (Å²) < 4.78 is 0. The van der Waals surface area contributed by atoms with Crippen LogP contribution in [-0.4, -0.2) is 0 Å². The van der Waals surface area contributed by atoms with Gasteiger partial charge < -0.3 is 5.32 Å². The summed E-state index contributed by atoms with van der Waals surface area (Å²) in [5.41, 5.74) is 8.72. The highest BCUT2D eigenvalue weighted by molar-refractivity contribution is 5.61. The highest BCUT2D eigenvalue weighted by atomic mass is 14.9. The molecule has 162 valence electrons. The van der Waals surface area contributed by atoms with Gasteiger partial charge in [0.25, 0.3) is 0 Å². The van der Waals surface area contributed by atoms with Gasteiger partial charge in [0.05, 0.1) is 0 Å². The van der Waals surface area contributed by atoms with E-state index in [0.29, 0.717) is 0 Å². The molecule has 0 aromatic heterocycles. The number of hydrogen-bond donors (Lipinski definition) is 1. The summed E-state index contributed by atoms with van der Waals surface area (Å²) in [5.74, 6) is 0. The molecule has 0 aliphatic rings. The topological polar surface area (TPSA) is 12.0 Å². The molecule has 0 atom stereocenters. The molecule has 0 amide bonds. The molecule has 0 radical (unpaired) electrons. The van der Waals surface area contributed by atoms with Crippen LogP contribution in [0.25, 0.3) is 0 Å². The second kappa shape index (κ2) is 8.67. The Hall–Kier alpha value is -3.32. The SMILES string of the molecule is Cc1ccc(C(C)(C)c2ccc(Nc3ccc(C(C)(C)c4ccccc4)cc3)cc2)cc1. The quantitative estimate of drug-likeness (QED) is 0.331. The minimum atomic E-state index is -0.0309. The summed E-state index contributed by atoms with van der Waals surface area (Å²) in [6, 6.07) is 37.1. The van der Waals surface area contributed by atoms with E-state index in [1.807, 2.05) is 0 Å². The van der Waals surface area contributed by atoms with Crippen LogP contribution in [0.2, 0.25) is 0 Å². The van der Waals surface area contributed by atoms with Gasteiger partial charge in [-0.2, -0.15) is 0 Å². The van der Waals surface area contributed by atoms with E-state index >= 15 is 0 Å². The molecule has 0 spiro atoms. The minimum Gasteiger partial charge on any atom is -0.356 e. The van der Waals surface area contributed by atoms with Crippen molar-refractivity contribution in [1.82, 2.24) is 0 Å². The van der Waals surface area contributed by atoms with Gasteiger partial charge in [0.15, 0.2) is 0 Å².